The van der Waals surface area contributed by atoms with Gasteiger partial charge in [-0.3, -0.25) is 4.68 Å². The summed E-state index contributed by atoms with van der Waals surface area (Å²) in [5.41, 5.74) is 1.31. The molecular weight excluding hydrogens is 230 g/mol. The highest BCUT2D eigenvalue weighted by Gasteiger charge is 2.14. The monoisotopic (exact) mass is 255 g/mol. The van der Waals surface area contributed by atoms with Crippen molar-refractivity contribution in [1.29, 1.82) is 0 Å². The summed E-state index contributed by atoms with van der Waals surface area (Å²) >= 11 is 2.02. The van der Waals surface area contributed by atoms with Gasteiger partial charge in [-0.15, -0.1) is 0 Å². The third-order valence-electron chi connectivity index (χ3n) is 2.63. The lowest BCUT2D eigenvalue weighted by molar-refractivity contribution is 0.524. The molecule has 0 fully saturated rings. The van der Waals surface area contributed by atoms with Crippen molar-refractivity contribution >= 4 is 11.8 Å². The molecule has 1 N–H and O–H groups in total. The number of aromatic nitrogens is 2. The SMILES string of the molecule is CCCn1nccc1C(CSCC(C)C)NC. The normalized spacial score (nSPS) is 13.2. The molecule has 0 aliphatic carbocycles. The van der Waals surface area contributed by atoms with Crippen molar-refractivity contribution in [3.8, 4) is 0 Å². The molecule has 0 aromatic carbocycles. The van der Waals surface area contributed by atoms with Gasteiger partial charge >= 0.3 is 0 Å². The minimum absolute atomic E-state index is 0.410. The maximum atomic E-state index is 4.39. The quantitative estimate of drug-likeness (QED) is 0.774. The van der Waals surface area contributed by atoms with Gasteiger partial charge in [-0.05, 0) is 31.2 Å². The minimum atomic E-state index is 0.410. The highest BCUT2D eigenvalue weighted by molar-refractivity contribution is 7.99. The van der Waals surface area contributed by atoms with E-state index >= 15 is 0 Å². The van der Waals surface area contributed by atoms with Crippen LogP contribution in [0.3, 0.4) is 0 Å². The lowest BCUT2D eigenvalue weighted by atomic mass is 10.2. The molecule has 0 amide bonds. The first-order valence-corrected chi connectivity index (χ1v) is 7.61. The summed E-state index contributed by atoms with van der Waals surface area (Å²) in [7, 11) is 2.03. The summed E-state index contributed by atoms with van der Waals surface area (Å²) in [5.74, 6) is 3.10. The minimum Gasteiger partial charge on any atom is -0.311 e. The maximum Gasteiger partial charge on any atom is 0.0581 e. The van der Waals surface area contributed by atoms with Crippen LogP contribution in [-0.2, 0) is 6.54 Å². The maximum absolute atomic E-state index is 4.39. The average molecular weight is 255 g/mol. The standard InChI is InChI=1S/C13H25N3S/c1-5-8-16-13(6-7-15-16)12(14-4)10-17-9-11(2)3/h6-7,11-12,14H,5,8-10H2,1-4H3. The van der Waals surface area contributed by atoms with Crippen LogP contribution in [0.15, 0.2) is 12.3 Å². The fourth-order valence-electron chi connectivity index (χ4n) is 1.78. The zero-order valence-electron chi connectivity index (χ0n) is 11.4. The predicted molar refractivity (Wildman–Crippen MR) is 76.5 cm³/mol. The van der Waals surface area contributed by atoms with E-state index in [1.807, 2.05) is 25.0 Å². The summed E-state index contributed by atoms with van der Waals surface area (Å²) in [6, 6.07) is 2.54. The number of aryl methyl sites for hydroxylation is 1. The van der Waals surface area contributed by atoms with Gasteiger partial charge in [0, 0.05) is 18.5 Å². The fourth-order valence-corrected chi connectivity index (χ4v) is 2.96. The van der Waals surface area contributed by atoms with Crippen LogP contribution in [0.5, 0.6) is 0 Å². The summed E-state index contributed by atoms with van der Waals surface area (Å²) in [6.07, 6.45) is 3.03. The fraction of sp³-hybridized carbons (Fsp3) is 0.769. The lowest BCUT2D eigenvalue weighted by Crippen LogP contribution is -2.23. The Morgan fingerprint density at radius 1 is 1.41 bits per heavy atom. The van der Waals surface area contributed by atoms with E-state index in [2.05, 4.69) is 41.9 Å². The van der Waals surface area contributed by atoms with Crippen molar-refractivity contribution in [3.63, 3.8) is 0 Å². The van der Waals surface area contributed by atoms with Crippen LogP contribution >= 0.6 is 11.8 Å². The molecule has 0 aliphatic rings. The number of hydrogen-bond donors (Lipinski definition) is 1. The summed E-state index contributed by atoms with van der Waals surface area (Å²) in [6.45, 7) is 7.73. The molecule has 0 spiro atoms. The van der Waals surface area contributed by atoms with Gasteiger partial charge in [-0.1, -0.05) is 20.8 Å². The molecule has 3 nitrogen and oxygen atoms in total. The molecule has 0 saturated heterocycles. The van der Waals surface area contributed by atoms with Crippen molar-refractivity contribution in [3.05, 3.63) is 18.0 Å². The largest absolute Gasteiger partial charge is 0.311 e. The number of nitrogens with zero attached hydrogens (tertiary/aromatic N) is 2. The first-order chi connectivity index (χ1) is 8.19. The Balaban J connectivity index is 2.56. The topological polar surface area (TPSA) is 29.9 Å². The number of thioether (sulfide) groups is 1. The van der Waals surface area contributed by atoms with Crippen LogP contribution in [0.1, 0.15) is 38.9 Å². The lowest BCUT2D eigenvalue weighted by Gasteiger charge is -2.18. The molecule has 0 aliphatic heterocycles. The average Bonchev–Trinajstić information content (AvgIpc) is 2.73. The van der Waals surface area contributed by atoms with Crippen molar-refractivity contribution in [2.75, 3.05) is 18.6 Å². The molecule has 1 rings (SSSR count). The zero-order chi connectivity index (χ0) is 12.7. The Labute approximate surface area is 109 Å². The Morgan fingerprint density at radius 3 is 2.76 bits per heavy atom. The molecule has 98 valence electrons. The molecule has 1 aromatic heterocycles. The molecule has 0 bridgehead atoms. The van der Waals surface area contributed by atoms with Gasteiger partial charge in [-0.2, -0.15) is 16.9 Å². The molecular formula is C13H25N3S. The van der Waals surface area contributed by atoms with Crippen LogP contribution < -0.4 is 5.32 Å². The van der Waals surface area contributed by atoms with Crippen molar-refractivity contribution < 1.29 is 0 Å². The Morgan fingerprint density at radius 2 is 2.18 bits per heavy atom. The van der Waals surface area contributed by atoms with E-state index in [0.717, 1.165) is 24.6 Å². The molecule has 17 heavy (non-hydrogen) atoms. The number of hydrogen-bond acceptors (Lipinski definition) is 3. The van der Waals surface area contributed by atoms with Crippen LogP contribution in [0.4, 0.5) is 0 Å². The van der Waals surface area contributed by atoms with E-state index in [1.54, 1.807) is 0 Å². The molecule has 1 heterocycles. The van der Waals surface area contributed by atoms with E-state index in [9.17, 15) is 0 Å². The van der Waals surface area contributed by atoms with Gasteiger partial charge in [0.05, 0.1) is 11.7 Å². The van der Waals surface area contributed by atoms with E-state index in [1.165, 1.54) is 11.4 Å². The highest BCUT2D eigenvalue weighted by Crippen LogP contribution is 2.19. The molecule has 4 heteroatoms. The van der Waals surface area contributed by atoms with Crippen LogP contribution in [0.25, 0.3) is 0 Å². The number of nitrogens with one attached hydrogen (secondary N) is 1. The van der Waals surface area contributed by atoms with Gasteiger partial charge in [0.2, 0.25) is 0 Å². The second kappa shape index (κ2) is 7.77. The summed E-state index contributed by atoms with van der Waals surface area (Å²) < 4.78 is 2.12. The molecule has 1 atom stereocenters. The van der Waals surface area contributed by atoms with Crippen LogP contribution in [0.2, 0.25) is 0 Å². The van der Waals surface area contributed by atoms with Crippen molar-refractivity contribution in [2.45, 2.75) is 39.8 Å². The number of rotatable bonds is 8. The second-order valence-electron chi connectivity index (χ2n) is 4.75. The molecule has 1 aromatic rings. The van der Waals surface area contributed by atoms with E-state index in [4.69, 9.17) is 0 Å². The van der Waals surface area contributed by atoms with Crippen LogP contribution in [-0.4, -0.2) is 28.3 Å². The van der Waals surface area contributed by atoms with E-state index in [0.29, 0.717) is 6.04 Å². The van der Waals surface area contributed by atoms with E-state index in [-0.39, 0.29) is 0 Å². The first-order valence-electron chi connectivity index (χ1n) is 6.45. The Kier molecular flexibility index (Phi) is 6.66. The molecule has 0 radical (unpaired) electrons. The van der Waals surface area contributed by atoms with Gasteiger partial charge in [0.1, 0.15) is 0 Å². The van der Waals surface area contributed by atoms with E-state index < -0.39 is 0 Å². The first kappa shape index (κ1) is 14.6. The predicted octanol–water partition coefficient (Wildman–Crippen LogP) is 2.94. The van der Waals surface area contributed by atoms with Crippen LogP contribution in [0, 0.1) is 5.92 Å². The van der Waals surface area contributed by atoms with Crippen molar-refractivity contribution in [1.82, 2.24) is 15.1 Å². The Hall–Kier alpha value is -0.480. The molecule has 0 saturated carbocycles. The van der Waals surface area contributed by atoms with Gasteiger partial charge < -0.3 is 5.32 Å². The second-order valence-corrected chi connectivity index (χ2v) is 5.83. The smallest absolute Gasteiger partial charge is 0.0581 e. The molecule has 1 unspecified atom stereocenters. The van der Waals surface area contributed by atoms with Crippen molar-refractivity contribution in [2.24, 2.45) is 5.92 Å². The Bertz CT molecular complexity index is 309. The third kappa shape index (κ3) is 4.72. The van der Waals surface area contributed by atoms with Gasteiger partial charge in [0.15, 0.2) is 0 Å². The van der Waals surface area contributed by atoms with Gasteiger partial charge in [0.25, 0.3) is 0 Å². The third-order valence-corrected chi connectivity index (χ3v) is 4.10. The summed E-state index contributed by atoms with van der Waals surface area (Å²) in [5, 5.41) is 7.78. The highest BCUT2D eigenvalue weighted by atomic mass is 32.2. The zero-order valence-corrected chi connectivity index (χ0v) is 12.3. The summed E-state index contributed by atoms with van der Waals surface area (Å²) in [4.78, 5) is 0. The van der Waals surface area contributed by atoms with Gasteiger partial charge in [-0.25, -0.2) is 0 Å².